The minimum atomic E-state index is 0.837. The summed E-state index contributed by atoms with van der Waals surface area (Å²) in [5.41, 5.74) is 3.27. The van der Waals surface area contributed by atoms with E-state index in [9.17, 15) is 0 Å². The van der Waals surface area contributed by atoms with Crippen molar-refractivity contribution in [3.05, 3.63) is 85.2 Å². The molecule has 2 heterocycles. The Bertz CT molecular complexity index is 1180. The molecule has 2 heteroatoms. The highest BCUT2D eigenvalue weighted by Crippen LogP contribution is 2.08. The summed E-state index contributed by atoms with van der Waals surface area (Å²) in [6.45, 7) is 28.0. The van der Waals surface area contributed by atoms with Crippen molar-refractivity contribution in [3.63, 3.8) is 0 Å². The van der Waals surface area contributed by atoms with Gasteiger partial charge in [-0.25, -0.2) is 0 Å². The predicted octanol–water partition coefficient (Wildman–Crippen LogP) is 8.02. The van der Waals surface area contributed by atoms with Crippen LogP contribution in [0.15, 0.2) is 47.5 Å². The van der Waals surface area contributed by atoms with Crippen molar-refractivity contribution in [1.82, 2.24) is 0 Å². The molecule has 0 aromatic carbocycles. The van der Waals surface area contributed by atoms with Crippen molar-refractivity contribution in [1.29, 1.82) is 0 Å². The first-order chi connectivity index (χ1) is 16.5. The summed E-state index contributed by atoms with van der Waals surface area (Å²) in [5, 5.41) is 2.27. The van der Waals surface area contributed by atoms with E-state index in [-0.39, 0.29) is 0 Å². The minimum Gasteiger partial charge on any atom is -0.456 e. The SMILES string of the molecule is C=Cc1oc(=C/C)/c(=C\C)c1/C=C\C.C=c1c(/C=C\C=C\C)c(C)s/c1=C/C=C\C.CC.CC. The number of rotatable bonds is 5. The van der Waals surface area contributed by atoms with Crippen molar-refractivity contribution >= 4 is 54.4 Å². The van der Waals surface area contributed by atoms with Crippen LogP contribution in [-0.2, 0) is 0 Å². The average Bonchev–Trinajstić information content (AvgIpc) is 3.36. The summed E-state index contributed by atoms with van der Waals surface area (Å²) < 4.78 is 6.88. The number of furan rings is 1. The molecule has 0 spiro atoms. The third kappa shape index (κ3) is 10.4. The van der Waals surface area contributed by atoms with Crippen molar-refractivity contribution in [2.24, 2.45) is 0 Å². The van der Waals surface area contributed by atoms with Crippen molar-refractivity contribution in [3.8, 4) is 0 Å². The molecule has 0 unspecified atom stereocenters. The van der Waals surface area contributed by atoms with Gasteiger partial charge in [-0.15, -0.1) is 11.3 Å². The van der Waals surface area contributed by atoms with Gasteiger partial charge in [0.2, 0.25) is 0 Å². The van der Waals surface area contributed by atoms with Gasteiger partial charge in [-0.1, -0.05) is 95.5 Å². The monoisotopic (exact) mass is 478 g/mol. The summed E-state index contributed by atoms with van der Waals surface area (Å²) in [4.78, 5) is 1.32. The van der Waals surface area contributed by atoms with Gasteiger partial charge in [0.15, 0.2) is 0 Å². The van der Waals surface area contributed by atoms with Crippen LogP contribution < -0.4 is 20.4 Å². The Kier molecular flexibility index (Phi) is 20.3. The van der Waals surface area contributed by atoms with E-state index in [2.05, 4.69) is 50.5 Å². The largest absolute Gasteiger partial charge is 0.456 e. The lowest BCUT2D eigenvalue weighted by molar-refractivity contribution is 0.521. The van der Waals surface area contributed by atoms with Crippen LogP contribution in [0.25, 0.3) is 43.0 Å². The van der Waals surface area contributed by atoms with Gasteiger partial charge in [0, 0.05) is 20.2 Å². The molecule has 186 valence electrons. The molecule has 0 saturated carbocycles. The van der Waals surface area contributed by atoms with Crippen LogP contribution in [-0.4, -0.2) is 0 Å². The molecule has 0 aliphatic rings. The number of thiophene rings is 1. The van der Waals surface area contributed by atoms with E-state index in [1.807, 2.05) is 98.8 Å². The highest BCUT2D eigenvalue weighted by Gasteiger charge is 2.04. The Hall–Kier alpha value is -2.84. The van der Waals surface area contributed by atoms with Gasteiger partial charge in [0.1, 0.15) is 11.2 Å². The Labute approximate surface area is 212 Å². The second-order valence-corrected chi connectivity index (χ2v) is 7.69. The van der Waals surface area contributed by atoms with Crippen LogP contribution in [0.4, 0.5) is 0 Å². The molecule has 0 aliphatic carbocycles. The quantitative estimate of drug-likeness (QED) is 0.397. The topological polar surface area (TPSA) is 13.1 Å². The first kappa shape index (κ1) is 33.3. The first-order valence-electron chi connectivity index (χ1n) is 12.2. The molecule has 2 aromatic rings. The molecule has 1 nitrogen and oxygen atoms in total. The van der Waals surface area contributed by atoms with E-state index in [1.165, 1.54) is 15.0 Å². The lowest BCUT2D eigenvalue weighted by atomic mass is 10.1. The lowest BCUT2D eigenvalue weighted by Crippen LogP contribution is -2.20. The Morgan fingerprint density at radius 2 is 1.38 bits per heavy atom. The maximum absolute atomic E-state index is 5.63. The van der Waals surface area contributed by atoms with E-state index in [0.717, 1.165) is 27.2 Å². The van der Waals surface area contributed by atoms with Crippen LogP contribution in [0.5, 0.6) is 0 Å². The molecular weight excluding hydrogens is 432 g/mol. The molecule has 2 aromatic heterocycles. The third-order valence-corrected chi connectivity index (χ3v) is 5.51. The maximum Gasteiger partial charge on any atom is 0.134 e. The molecule has 0 amide bonds. The molecule has 2 rings (SSSR count). The normalized spacial score (nSPS) is 12.7. The fourth-order valence-electron chi connectivity index (χ4n) is 2.92. The van der Waals surface area contributed by atoms with Crippen LogP contribution >= 0.6 is 11.3 Å². The van der Waals surface area contributed by atoms with E-state index in [0.29, 0.717) is 0 Å². The smallest absolute Gasteiger partial charge is 0.134 e. The van der Waals surface area contributed by atoms with Crippen LogP contribution in [0.2, 0.25) is 0 Å². The van der Waals surface area contributed by atoms with Crippen LogP contribution in [0.1, 0.15) is 84.1 Å². The molecule has 0 radical (unpaired) electrons. The lowest BCUT2D eigenvalue weighted by Gasteiger charge is -1.87. The number of aryl methyl sites for hydroxylation is 1. The Morgan fingerprint density at radius 1 is 0.765 bits per heavy atom. The molecule has 0 saturated heterocycles. The molecule has 0 bridgehead atoms. The second kappa shape index (κ2) is 20.7. The Morgan fingerprint density at radius 3 is 1.85 bits per heavy atom. The van der Waals surface area contributed by atoms with E-state index in [4.69, 9.17) is 4.42 Å². The summed E-state index contributed by atoms with van der Waals surface area (Å²) in [6, 6.07) is 0. The maximum atomic E-state index is 5.63. The summed E-state index contributed by atoms with van der Waals surface area (Å²) in [6.07, 6.45) is 24.3. The van der Waals surface area contributed by atoms with E-state index >= 15 is 0 Å². The van der Waals surface area contributed by atoms with Crippen LogP contribution in [0.3, 0.4) is 0 Å². The molecule has 0 fully saturated rings. The van der Waals surface area contributed by atoms with Crippen molar-refractivity contribution in [2.75, 3.05) is 0 Å². The number of allylic oxidation sites excluding steroid dienone is 6. The van der Waals surface area contributed by atoms with Gasteiger partial charge >= 0.3 is 0 Å². The van der Waals surface area contributed by atoms with Gasteiger partial charge in [-0.3, -0.25) is 0 Å². The minimum absolute atomic E-state index is 0.837. The predicted molar refractivity (Wildman–Crippen MR) is 163 cm³/mol. The van der Waals surface area contributed by atoms with Gasteiger partial charge in [-0.05, 0) is 70.6 Å². The first-order valence-corrected chi connectivity index (χ1v) is 13.0. The molecule has 0 N–H and O–H groups in total. The number of hydrogen-bond donors (Lipinski definition) is 0. The zero-order valence-electron chi connectivity index (χ0n) is 23.2. The highest BCUT2D eigenvalue weighted by atomic mass is 32.1. The fraction of sp³-hybridized carbons (Fsp3) is 0.312. The van der Waals surface area contributed by atoms with Gasteiger partial charge in [0.25, 0.3) is 0 Å². The van der Waals surface area contributed by atoms with Crippen molar-refractivity contribution in [2.45, 2.75) is 69.2 Å². The average molecular weight is 479 g/mol. The zero-order chi connectivity index (χ0) is 26.5. The molecular formula is C32H46OS. The molecule has 34 heavy (non-hydrogen) atoms. The highest BCUT2D eigenvalue weighted by molar-refractivity contribution is 7.10. The third-order valence-electron chi connectivity index (χ3n) is 4.38. The van der Waals surface area contributed by atoms with E-state index < -0.39 is 0 Å². The molecule has 0 atom stereocenters. The van der Waals surface area contributed by atoms with E-state index in [1.54, 1.807) is 17.4 Å². The molecule has 0 aliphatic heterocycles. The van der Waals surface area contributed by atoms with Crippen LogP contribution in [0, 0.1) is 6.92 Å². The van der Waals surface area contributed by atoms with Gasteiger partial charge < -0.3 is 4.42 Å². The summed E-state index contributed by atoms with van der Waals surface area (Å²) in [5.74, 6) is 0.837. The Balaban J connectivity index is 0. The van der Waals surface area contributed by atoms with Gasteiger partial charge in [0.05, 0.1) is 0 Å². The van der Waals surface area contributed by atoms with Gasteiger partial charge in [-0.2, -0.15) is 0 Å². The zero-order valence-corrected chi connectivity index (χ0v) is 24.0. The number of hydrogen-bond acceptors (Lipinski definition) is 2. The summed E-state index contributed by atoms with van der Waals surface area (Å²) >= 11 is 1.79. The standard InChI is InChI=1S/C15H18S.C13H16O.2C2H6/c1-5-7-9-10-14-12(3)15(11-8-6-2)16-13(14)4;1-5-9-11-10(6-2)12(7-3)14-13(11)8-4;2*1-2/h5-11H,3H2,1-2,4H3;5-9H,4H2,1-3H3;2*1-2H3/b7-5+,8-6-,10-9-,15-11+;9-5-,10-6-,12-7+;;. The fourth-order valence-corrected chi connectivity index (χ4v) is 3.93. The summed E-state index contributed by atoms with van der Waals surface area (Å²) in [7, 11) is 0. The van der Waals surface area contributed by atoms with Crippen molar-refractivity contribution < 1.29 is 4.42 Å². The second-order valence-electron chi connectivity index (χ2n) is 6.43.